The second kappa shape index (κ2) is 5.50. The Morgan fingerprint density at radius 1 is 1.10 bits per heavy atom. The largest absolute Gasteiger partial charge is 0.392 e. The minimum atomic E-state index is -0.113. The average Bonchev–Trinajstić information content (AvgIpc) is 2.54. The van der Waals surface area contributed by atoms with Crippen molar-refractivity contribution < 1.29 is 5.11 Å². The third-order valence-corrected chi connectivity index (χ3v) is 3.56. The fraction of sp³-hybridized carbons (Fsp3) is 0.176. The van der Waals surface area contributed by atoms with Gasteiger partial charge in [-0.15, -0.1) is 0 Å². The molecule has 0 radical (unpaired) electrons. The average molecular weight is 280 g/mol. The molecule has 0 unspecified atom stereocenters. The number of aliphatic hydroxyl groups excluding tert-OH is 1. The molecule has 2 aromatic carbocycles. The van der Waals surface area contributed by atoms with E-state index >= 15 is 0 Å². The van der Waals surface area contributed by atoms with Gasteiger partial charge in [-0.25, -0.2) is 4.98 Å². The maximum atomic E-state index is 12.8. The van der Waals surface area contributed by atoms with Gasteiger partial charge in [0.05, 0.1) is 23.2 Å². The molecule has 3 aromatic rings. The van der Waals surface area contributed by atoms with Gasteiger partial charge in [-0.05, 0) is 18.2 Å². The van der Waals surface area contributed by atoms with Crippen molar-refractivity contribution >= 4 is 10.9 Å². The number of benzene rings is 2. The Hall–Kier alpha value is -2.46. The summed E-state index contributed by atoms with van der Waals surface area (Å²) in [5.41, 5.74) is 2.02. The van der Waals surface area contributed by atoms with Crippen molar-refractivity contribution in [1.82, 2.24) is 9.55 Å². The molecule has 4 nitrogen and oxygen atoms in total. The lowest BCUT2D eigenvalue weighted by molar-refractivity contribution is 0.281. The summed E-state index contributed by atoms with van der Waals surface area (Å²) in [6.45, 7) is 1.85. The summed E-state index contributed by atoms with van der Waals surface area (Å²) in [6.07, 6.45) is 0.639. The van der Waals surface area contributed by atoms with E-state index in [0.29, 0.717) is 34.4 Å². The fourth-order valence-corrected chi connectivity index (χ4v) is 2.53. The first kappa shape index (κ1) is 13.5. The SMILES string of the molecule is CCc1nc2ccccc2c(=O)n1-c1ccccc1CO. The lowest BCUT2D eigenvalue weighted by atomic mass is 10.1. The highest BCUT2D eigenvalue weighted by molar-refractivity contribution is 5.77. The first-order valence-electron chi connectivity index (χ1n) is 6.96. The van der Waals surface area contributed by atoms with Gasteiger partial charge in [-0.3, -0.25) is 9.36 Å². The molecule has 0 amide bonds. The molecule has 1 N–H and O–H groups in total. The zero-order valence-corrected chi connectivity index (χ0v) is 11.8. The predicted molar refractivity (Wildman–Crippen MR) is 82.6 cm³/mol. The van der Waals surface area contributed by atoms with Gasteiger partial charge in [0.25, 0.3) is 5.56 Å². The molecule has 0 spiro atoms. The molecular formula is C17H16N2O2. The van der Waals surface area contributed by atoms with Crippen LogP contribution in [-0.2, 0) is 13.0 Å². The maximum absolute atomic E-state index is 12.8. The minimum Gasteiger partial charge on any atom is -0.392 e. The summed E-state index contributed by atoms with van der Waals surface area (Å²) < 4.78 is 1.61. The van der Waals surface area contributed by atoms with E-state index in [1.54, 1.807) is 10.6 Å². The van der Waals surface area contributed by atoms with Crippen LogP contribution in [0.15, 0.2) is 53.3 Å². The highest BCUT2D eigenvalue weighted by Gasteiger charge is 2.13. The van der Waals surface area contributed by atoms with Gasteiger partial charge < -0.3 is 5.11 Å². The smallest absolute Gasteiger partial charge is 0.265 e. The van der Waals surface area contributed by atoms with E-state index in [-0.39, 0.29) is 12.2 Å². The number of para-hydroxylation sites is 2. The molecule has 1 aromatic heterocycles. The van der Waals surface area contributed by atoms with Crippen LogP contribution in [0.3, 0.4) is 0 Å². The van der Waals surface area contributed by atoms with E-state index in [1.165, 1.54) is 0 Å². The van der Waals surface area contributed by atoms with Crippen LogP contribution in [0.1, 0.15) is 18.3 Å². The van der Waals surface area contributed by atoms with Gasteiger partial charge in [0.1, 0.15) is 5.82 Å². The van der Waals surface area contributed by atoms with Crippen molar-refractivity contribution in [2.45, 2.75) is 20.0 Å². The number of hydrogen-bond acceptors (Lipinski definition) is 3. The molecule has 0 aliphatic rings. The predicted octanol–water partition coefficient (Wildman–Crippen LogP) is 2.44. The monoisotopic (exact) mass is 280 g/mol. The van der Waals surface area contributed by atoms with Crippen molar-refractivity contribution in [2.24, 2.45) is 0 Å². The Morgan fingerprint density at radius 3 is 2.57 bits per heavy atom. The van der Waals surface area contributed by atoms with Gasteiger partial charge in [-0.2, -0.15) is 0 Å². The molecular weight excluding hydrogens is 264 g/mol. The van der Waals surface area contributed by atoms with E-state index in [9.17, 15) is 9.90 Å². The zero-order chi connectivity index (χ0) is 14.8. The quantitative estimate of drug-likeness (QED) is 0.801. The van der Waals surface area contributed by atoms with Gasteiger partial charge in [0.2, 0.25) is 0 Å². The number of aliphatic hydroxyl groups is 1. The van der Waals surface area contributed by atoms with Crippen molar-refractivity contribution in [3.8, 4) is 5.69 Å². The molecule has 0 atom stereocenters. The van der Waals surface area contributed by atoms with E-state index in [4.69, 9.17) is 0 Å². The summed E-state index contributed by atoms with van der Waals surface area (Å²) in [5.74, 6) is 0.694. The standard InChI is InChI=1S/C17H16N2O2/c1-2-16-18-14-9-5-4-8-13(14)17(21)19(16)15-10-6-3-7-12(15)11-20/h3-10,20H,2,11H2,1H3. The number of hydrogen-bond donors (Lipinski definition) is 1. The Labute approximate surface area is 122 Å². The number of aryl methyl sites for hydroxylation is 1. The van der Waals surface area contributed by atoms with Crippen LogP contribution >= 0.6 is 0 Å². The summed E-state index contributed by atoms with van der Waals surface area (Å²) in [6, 6.07) is 14.7. The summed E-state index contributed by atoms with van der Waals surface area (Å²) in [5, 5.41) is 10.1. The van der Waals surface area contributed by atoms with Crippen molar-refractivity contribution in [3.05, 3.63) is 70.3 Å². The van der Waals surface area contributed by atoms with Gasteiger partial charge in [0, 0.05) is 12.0 Å². The van der Waals surface area contributed by atoms with E-state index < -0.39 is 0 Å². The van der Waals surface area contributed by atoms with Gasteiger partial charge in [0.15, 0.2) is 0 Å². The van der Waals surface area contributed by atoms with E-state index in [1.807, 2.05) is 49.4 Å². The highest BCUT2D eigenvalue weighted by Crippen LogP contribution is 2.17. The fourth-order valence-electron chi connectivity index (χ4n) is 2.53. The molecule has 4 heteroatoms. The Morgan fingerprint density at radius 2 is 1.81 bits per heavy atom. The molecule has 0 saturated heterocycles. The Balaban J connectivity index is 2.41. The molecule has 0 saturated carbocycles. The van der Waals surface area contributed by atoms with Crippen molar-refractivity contribution in [1.29, 1.82) is 0 Å². The van der Waals surface area contributed by atoms with Crippen LogP contribution in [0.4, 0.5) is 0 Å². The third kappa shape index (κ3) is 2.23. The van der Waals surface area contributed by atoms with Crippen LogP contribution < -0.4 is 5.56 Å². The molecule has 1 heterocycles. The maximum Gasteiger partial charge on any atom is 0.265 e. The van der Waals surface area contributed by atoms with Crippen LogP contribution in [-0.4, -0.2) is 14.7 Å². The van der Waals surface area contributed by atoms with Crippen LogP contribution in [0.25, 0.3) is 16.6 Å². The normalized spacial score (nSPS) is 11.0. The molecule has 0 fully saturated rings. The number of rotatable bonds is 3. The molecule has 21 heavy (non-hydrogen) atoms. The topological polar surface area (TPSA) is 55.1 Å². The number of nitrogens with zero attached hydrogens (tertiary/aromatic N) is 2. The number of aromatic nitrogens is 2. The Kier molecular flexibility index (Phi) is 3.54. The first-order valence-corrected chi connectivity index (χ1v) is 6.96. The third-order valence-electron chi connectivity index (χ3n) is 3.56. The minimum absolute atomic E-state index is 0.0988. The molecule has 0 aliphatic heterocycles. The van der Waals surface area contributed by atoms with E-state index in [2.05, 4.69) is 4.98 Å². The van der Waals surface area contributed by atoms with E-state index in [0.717, 1.165) is 0 Å². The summed E-state index contributed by atoms with van der Waals surface area (Å²) in [7, 11) is 0. The second-order valence-electron chi connectivity index (χ2n) is 4.83. The summed E-state index contributed by atoms with van der Waals surface area (Å²) in [4.78, 5) is 17.4. The van der Waals surface area contributed by atoms with Crippen LogP contribution in [0.2, 0.25) is 0 Å². The van der Waals surface area contributed by atoms with Gasteiger partial charge in [-0.1, -0.05) is 37.3 Å². The van der Waals surface area contributed by atoms with Crippen molar-refractivity contribution in [2.75, 3.05) is 0 Å². The summed E-state index contributed by atoms with van der Waals surface area (Å²) >= 11 is 0. The first-order chi connectivity index (χ1) is 10.3. The van der Waals surface area contributed by atoms with Gasteiger partial charge >= 0.3 is 0 Å². The Bertz CT molecular complexity index is 853. The number of fused-ring (bicyclic) bond motifs is 1. The molecule has 3 rings (SSSR count). The lowest BCUT2D eigenvalue weighted by Gasteiger charge is -2.15. The highest BCUT2D eigenvalue weighted by atomic mass is 16.3. The molecule has 0 aliphatic carbocycles. The van der Waals surface area contributed by atoms with Crippen LogP contribution in [0, 0.1) is 0 Å². The zero-order valence-electron chi connectivity index (χ0n) is 11.8. The lowest BCUT2D eigenvalue weighted by Crippen LogP contribution is -2.24. The molecule has 0 bridgehead atoms. The molecule has 106 valence electrons. The second-order valence-corrected chi connectivity index (χ2v) is 4.83. The van der Waals surface area contributed by atoms with Crippen LogP contribution in [0.5, 0.6) is 0 Å². The van der Waals surface area contributed by atoms with Crippen molar-refractivity contribution in [3.63, 3.8) is 0 Å².